The van der Waals surface area contributed by atoms with E-state index in [0.717, 1.165) is 9.37 Å². The predicted molar refractivity (Wildman–Crippen MR) is 84.6 cm³/mol. The van der Waals surface area contributed by atoms with E-state index in [9.17, 15) is 9.18 Å². The van der Waals surface area contributed by atoms with Crippen LogP contribution in [0.25, 0.3) is 0 Å². The van der Waals surface area contributed by atoms with Crippen LogP contribution in [0.1, 0.15) is 5.56 Å². The fraction of sp³-hybridized carbons (Fsp3) is 0.133. The number of hydrogen-bond acceptors (Lipinski definition) is 2. The van der Waals surface area contributed by atoms with Gasteiger partial charge in [-0.1, -0.05) is 22.0 Å². The Morgan fingerprint density at radius 2 is 1.95 bits per heavy atom. The van der Waals surface area contributed by atoms with Crippen LogP contribution in [0.5, 0.6) is 0 Å². The molecule has 0 atom stereocenters. The highest BCUT2D eigenvalue weighted by molar-refractivity contribution is 9.10. The molecule has 2 aromatic rings. The lowest BCUT2D eigenvalue weighted by molar-refractivity contribution is -0.113. The summed E-state index contributed by atoms with van der Waals surface area (Å²) in [6, 6.07) is 12.4. The molecule has 104 valence electrons. The SMILES string of the molecule is Cc1ccc(NC(=O)CSc2ccc(Br)cc2)cc1F. The average molecular weight is 354 g/mol. The number of aryl methyl sites for hydroxylation is 1. The van der Waals surface area contributed by atoms with Crippen LogP contribution in [0.3, 0.4) is 0 Å². The second-order valence-electron chi connectivity index (χ2n) is 4.25. The number of carbonyl (C=O) groups excluding carboxylic acids is 1. The maximum Gasteiger partial charge on any atom is 0.234 e. The molecule has 2 nitrogen and oxygen atoms in total. The van der Waals surface area contributed by atoms with Gasteiger partial charge >= 0.3 is 0 Å². The Labute approximate surface area is 129 Å². The van der Waals surface area contributed by atoms with Crippen molar-refractivity contribution in [2.75, 3.05) is 11.1 Å². The quantitative estimate of drug-likeness (QED) is 0.812. The van der Waals surface area contributed by atoms with Gasteiger partial charge in [0.25, 0.3) is 0 Å². The van der Waals surface area contributed by atoms with Gasteiger partial charge in [0.2, 0.25) is 5.91 Å². The van der Waals surface area contributed by atoms with Crippen LogP contribution in [-0.2, 0) is 4.79 Å². The van der Waals surface area contributed by atoms with Crippen molar-refractivity contribution in [3.8, 4) is 0 Å². The monoisotopic (exact) mass is 353 g/mol. The largest absolute Gasteiger partial charge is 0.325 e. The number of halogens is 2. The minimum Gasteiger partial charge on any atom is -0.325 e. The Morgan fingerprint density at radius 3 is 2.60 bits per heavy atom. The van der Waals surface area contributed by atoms with Crippen molar-refractivity contribution in [2.24, 2.45) is 0 Å². The van der Waals surface area contributed by atoms with Crippen molar-refractivity contribution in [3.63, 3.8) is 0 Å². The van der Waals surface area contributed by atoms with Crippen LogP contribution < -0.4 is 5.32 Å². The predicted octanol–water partition coefficient (Wildman–Crippen LogP) is 4.63. The standard InChI is InChI=1S/C15H13BrFNOS/c1-10-2-5-12(8-14(10)17)18-15(19)9-20-13-6-3-11(16)4-7-13/h2-8H,9H2,1H3,(H,18,19). The second kappa shape index (κ2) is 6.90. The average Bonchev–Trinajstić information content (AvgIpc) is 2.42. The molecule has 0 spiro atoms. The molecule has 1 N–H and O–H groups in total. The van der Waals surface area contributed by atoms with Gasteiger partial charge in [-0.15, -0.1) is 11.8 Å². The second-order valence-corrected chi connectivity index (χ2v) is 6.22. The molecule has 0 aliphatic carbocycles. The molecular formula is C15H13BrFNOS. The lowest BCUT2D eigenvalue weighted by Crippen LogP contribution is -2.14. The third kappa shape index (κ3) is 4.35. The highest BCUT2D eigenvalue weighted by Gasteiger charge is 2.05. The molecule has 20 heavy (non-hydrogen) atoms. The van der Waals surface area contributed by atoms with Gasteiger partial charge in [-0.25, -0.2) is 4.39 Å². The van der Waals surface area contributed by atoms with Gasteiger partial charge in [0.05, 0.1) is 5.75 Å². The molecule has 2 rings (SSSR count). The van der Waals surface area contributed by atoms with E-state index in [0.29, 0.717) is 11.3 Å². The third-order valence-corrected chi connectivity index (χ3v) is 4.18. The Kier molecular flexibility index (Phi) is 5.20. The molecular weight excluding hydrogens is 341 g/mol. The van der Waals surface area contributed by atoms with Gasteiger partial charge in [-0.2, -0.15) is 0 Å². The lowest BCUT2D eigenvalue weighted by atomic mass is 10.2. The molecule has 0 bridgehead atoms. The van der Waals surface area contributed by atoms with Crippen molar-refractivity contribution in [1.82, 2.24) is 0 Å². The maximum atomic E-state index is 13.4. The van der Waals surface area contributed by atoms with Crippen LogP contribution in [0.15, 0.2) is 51.8 Å². The zero-order chi connectivity index (χ0) is 14.5. The first-order valence-electron chi connectivity index (χ1n) is 5.99. The number of anilines is 1. The first-order chi connectivity index (χ1) is 9.54. The van der Waals surface area contributed by atoms with Gasteiger partial charge in [-0.3, -0.25) is 4.79 Å². The minimum absolute atomic E-state index is 0.152. The highest BCUT2D eigenvalue weighted by Crippen LogP contribution is 2.21. The summed E-state index contributed by atoms with van der Waals surface area (Å²) in [7, 11) is 0. The molecule has 0 saturated heterocycles. The maximum absolute atomic E-state index is 13.4. The first kappa shape index (κ1) is 15.1. The van der Waals surface area contributed by atoms with Gasteiger partial charge in [0.1, 0.15) is 5.82 Å². The zero-order valence-corrected chi connectivity index (χ0v) is 13.2. The molecule has 0 aliphatic rings. The molecule has 5 heteroatoms. The molecule has 1 amide bonds. The summed E-state index contributed by atoms with van der Waals surface area (Å²) in [6.45, 7) is 1.68. The van der Waals surface area contributed by atoms with E-state index in [2.05, 4.69) is 21.2 Å². The number of benzene rings is 2. The summed E-state index contributed by atoms with van der Waals surface area (Å²) in [5, 5.41) is 2.68. The Balaban J connectivity index is 1.89. The van der Waals surface area contributed by atoms with Gasteiger partial charge in [0, 0.05) is 15.1 Å². The summed E-state index contributed by atoms with van der Waals surface area (Å²) >= 11 is 4.80. The van der Waals surface area contributed by atoms with Gasteiger partial charge in [-0.05, 0) is 48.9 Å². The molecule has 0 aliphatic heterocycles. The normalized spacial score (nSPS) is 10.3. The number of amides is 1. The fourth-order valence-electron chi connectivity index (χ4n) is 1.55. The van der Waals surface area contributed by atoms with Crippen molar-refractivity contribution in [2.45, 2.75) is 11.8 Å². The zero-order valence-electron chi connectivity index (χ0n) is 10.8. The van der Waals surface area contributed by atoms with Crippen LogP contribution in [0, 0.1) is 12.7 Å². The highest BCUT2D eigenvalue weighted by atomic mass is 79.9. The summed E-state index contributed by atoms with van der Waals surface area (Å²) in [6.07, 6.45) is 0. The van der Waals surface area contributed by atoms with E-state index < -0.39 is 0 Å². The van der Waals surface area contributed by atoms with E-state index in [4.69, 9.17) is 0 Å². The molecule has 2 aromatic carbocycles. The third-order valence-electron chi connectivity index (χ3n) is 2.64. The summed E-state index contributed by atoms with van der Waals surface area (Å²) in [5.41, 5.74) is 1.04. The summed E-state index contributed by atoms with van der Waals surface area (Å²) in [4.78, 5) is 12.8. The van der Waals surface area contributed by atoms with Crippen LogP contribution in [0.2, 0.25) is 0 Å². The van der Waals surface area contributed by atoms with Gasteiger partial charge in [0.15, 0.2) is 0 Å². The molecule has 0 aromatic heterocycles. The van der Waals surface area contributed by atoms with Crippen molar-refractivity contribution in [3.05, 3.63) is 58.3 Å². The summed E-state index contributed by atoms with van der Waals surface area (Å²) in [5.74, 6) is -0.179. The van der Waals surface area contributed by atoms with E-state index >= 15 is 0 Å². The molecule has 0 saturated carbocycles. The van der Waals surface area contributed by atoms with E-state index in [1.807, 2.05) is 24.3 Å². The first-order valence-corrected chi connectivity index (χ1v) is 7.77. The number of thioether (sulfide) groups is 1. The van der Waals surface area contributed by atoms with Crippen LogP contribution in [-0.4, -0.2) is 11.7 Å². The Hall–Kier alpha value is -1.33. The van der Waals surface area contributed by atoms with E-state index in [1.165, 1.54) is 17.8 Å². The molecule has 0 heterocycles. The van der Waals surface area contributed by atoms with Crippen molar-refractivity contribution in [1.29, 1.82) is 0 Å². The van der Waals surface area contributed by atoms with Gasteiger partial charge < -0.3 is 5.32 Å². The van der Waals surface area contributed by atoms with Crippen molar-refractivity contribution >= 4 is 39.3 Å². The van der Waals surface area contributed by atoms with Crippen LogP contribution >= 0.6 is 27.7 Å². The smallest absolute Gasteiger partial charge is 0.234 e. The van der Waals surface area contributed by atoms with E-state index in [1.54, 1.807) is 19.1 Å². The number of rotatable bonds is 4. The molecule has 0 unspecified atom stereocenters. The molecule has 0 fully saturated rings. The topological polar surface area (TPSA) is 29.1 Å². The van der Waals surface area contributed by atoms with E-state index in [-0.39, 0.29) is 17.5 Å². The number of carbonyl (C=O) groups is 1. The number of hydrogen-bond donors (Lipinski definition) is 1. The molecule has 0 radical (unpaired) electrons. The lowest BCUT2D eigenvalue weighted by Gasteiger charge is -2.06. The Morgan fingerprint density at radius 1 is 1.25 bits per heavy atom. The minimum atomic E-state index is -0.316. The van der Waals surface area contributed by atoms with Crippen molar-refractivity contribution < 1.29 is 9.18 Å². The fourth-order valence-corrected chi connectivity index (χ4v) is 2.51. The summed E-state index contributed by atoms with van der Waals surface area (Å²) < 4.78 is 14.4. The number of nitrogens with one attached hydrogen (secondary N) is 1. The van der Waals surface area contributed by atoms with Crippen LogP contribution in [0.4, 0.5) is 10.1 Å². The Bertz CT molecular complexity index is 616.